The molecule has 0 aromatic heterocycles. The smallest absolute Gasteiger partial charge is 0.193 e. The molecule has 0 radical (unpaired) electrons. The van der Waals surface area contributed by atoms with Crippen LogP contribution in [0.2, 0.25) is 36.3 Å². The van der Waals surface area contributed by atoms with Crippen molar-refractivity contribution in [2.24, 2.45) is 11.8 Å². The van der Waals surface area contributed by atoms with Gasteiger partial charge in [0.1, 0.15) is 5.78 Å². The lowest BCUT2D eigenvalue weighted by atomic mass is 9.88. The minimum atomic E-state index is -1.99. The zero-order valence-electron chi connectivity index (χ0n) is 24.6. The van der Waals surface area contributed by atoms with E-state index in [-0.39, 0.29) is 33.6 Å². The molecule has 34 heavy (non-hydrogen) atoms. The summed E-state index contributed by atoms with van der Waals surface area (Å²) in [7, 11) is -3.96. The van der Waals surface area contributed by atoms with Gasteiger partial charge in [0.25, 0.3) is 0 Å². The maximum absolute atomic E-state index is 13.0. The summed E-state index contributed by atoms with van der Waals surface area (Å²) in [6.45, 7) is 31.4. The van der Waals surface area contributed by atoms with E-state index in [1.807, 2.05) is 6.08 Å². The first kappa shape index (κ1) is 31.5. The number of carbonyl (C=O) groups is 1. The van der Waals surface area contributed by atoms with Crippen LogP contribution in [0.5, 0.6) is 0 Å². The highest BCUT2D eigenvalue weighted by atomic mass is 28.4. The van der Waals surface area contributed by atoms with Crippen molar-refractivity contribution >= 4 is 22.4 Å². The molecular weight excluding hydrogens is 452 g/mol. The molecule has 0 aromatic carbocycles. The van der Waals surface area contributed by atoms with Crippen molar-refractivity contribution in [2.75, 3.05) is 0 Å². The molecule has 0 bridgehead atoms. The van der Waals surface area contributed by atoms with Crippen LogP contribution in [-0.2, 0) is 13.6 Å². The molecule has 4 atom stereocenters. The second-order valence-electron chi connectivity index (χ2n) is 13.8. The van der Waals surface area contributed by atoms with Crippen LogP contribution in [0.15, 0.2) is 24.8 Å². The first-order chi connectivity index (χ1) is 15.3. The zero-order valence-corrected chi connectivity index (χ0v) is 26.6. The van der Waals surface area contributed by atoms with Crippen molar-refractivity contribution in [1.82, 2.24) is 0 Å². The van der Waals surface area contributed by atoms with E-state index in [1.54, 1.807) is 0 Å². The lowest BCUT2D eigenvalue weighted by Crippen LogP contribution is -2.48. The first-order valence-electron chi connectivity index (χ1n) is 13.5. The molecule has 0 amide bonds. The molecular formula is C29H56O3Si2. The standard InChI is InChI=1S/C29H56O3Si2/c1-14-16-17-20-29(9,32-34(12,13)28(6,7)8)21-19-24-23(18-15-2)25(30)22-26(24)31-33(10,11)27(3,4)5/h15,19,21,23-24,26H,2,14,16-18,20,22H2,1,3-13H3/b21-19+/t23?,24?,26?,29-/m0/s1. The van der Waals surface area contributed by atoms with Gasteiger partial charge in [0.05, 0.1) is 11.7 Å². The van der Waals surface area contributed by atoms with Gasteiger partial charge in [-0.3, -0.25) is 4.79 Å². The van der Waals surface area contributed by atoms with Gasteiger partial charge in [0, 0.05) is 18.3 Å². The summed E-state index contributed by atoms with van der Waals surface area (Å²) in [5.74, 6) is 0.348. The Bertz CT molecular complexity index is 712. The van der Waals surface area contributed by atoms with Gasteiger partial charge in [-0.05, 0) is 56.0 Å². The Kier molecular flexibility index (Phi) is 10.9. The molecule has 0 saturated heterocycles. The van der Waals surface area contributed by atoms with Crippen molar-refractivity contribution in [3.63, 3.8) is 0 Å². The van der Waals surface area contributed by atoms with Crippen LogP contribution in [-0.4, -0.2) is 34.1 Å². The van der Waals surface area contributed by atoms with E-state index < -0.39 is 16.6 Å². The molecule has 0 aromatic rings. The summed E-state index contributed by atoms with van der Waals surface area (Å²) >= 11 is 0. The van der Waals surface area contributed by atoms with Crippen LogP contribution < -0.4 is 0 Å². The summed E-state index contributed by atoms with van der Waals surface area (Å²) in [6, 6.07) is 0. The number of rotatable bonds is 12. The molecule has 3 unspecified atom stereocenters. The van der Waals surface area contributed by atoms with Crippen LogP contribution in [0.4, 0.5) is 0 Å². The van der Waals surface area contributed by atoms with Gasteiger partial charge in [0.2, 0.25) is 0 Å². The topological polar surface area (TPSA) is 35.5 Å². The Hall–Kier alpha value is -0.496. The maximum Gasteiger partial charge on any atom is 0.193 e. The van der Waals surface area contributed by atoms with Crippen LogP contribution >= 0.6 is 0 Å². The number of Topliss-reactive ketones (excluding diaryl/α,β-unsaturated/α-hetero) is 1. The van der Waals surface area contributed by atoms with Crippen molar-refractivity contribution < 1.29 is 13.6 Å². The van der Waals surface area contributed by atoms with Gasteiger partial charge in [-0.15, -0.1) is 6.58 Å². The van der Waals surface area contributed by atoms with E-state index in [0.717, 1.165) is 12.8 Å². The molecule has 0 spiro atoms. The van der Waals surface area contributed by atoms with E-state index in [9.17, 15) is 4.79 Å². The maximum atomic E-state index is 13.0. The van der Waals surface area contributed by atoms with Crippen molar-refractivity contribution in [3.8, 4) is 0 Å². The third-order valence-corrected chi connectivity index (χ3v) is 17.7. The molecule has 0 aliphatic heterocycles. The second-order valence-corrected chi connectivity index (χ2v) is 23.3. The molecule has 1 fully saturated rings. The van der Waals surface area contributed by atoms with E-state index in [1.165, 1.54) is 12.8 Å². The summed E-state index contributed by atoms with van der Waals surface area (Å²) in [5.41, 5.74) is -0.329. The average Bonchev–Trinajstić information content (AvgIpc) is 2.92. The lowest BCUT2D eigenvalue weighted by Gasteiger charge is -2.43. The molecule has 1 aliphatic carbocycles. The van der Waals surface area contributed by atoms with Gasteiger partial charge in [-0.2, -0.15) is 0 Å². The average molecular weight is 509 g/mol. The third kappa shape index (κ3) is 8.28. The number of unbranched alkanes of at least 4 members (excludes halogenated alkanes) is 2. The molecule has 1 rings (SSSR count). The largest absolute Gasteiger partial charge is 0.413 e. The van der Waals surface area contributed by atoms with Crippen LogP contribution in [0, 0.1) is 11.8 Å². The van der Waals surface area contributed by atoms with Crippen LogP contribution in [0.1, 0.15) is 93.9 Å². The minimum absolute atomic E-state index is 0.0451. The van der Waals surface area contributed by atoms with Crippen molar-refractivity contribution in [1.29, 1.82) is 0 Å². The Balaban J connectivity index is 3.33. The molecule has 1 saturated carbocycles. The second kappa shape index (κ2) is 11.7. The highest BCUT2D eigenvalue weighted by molar-refractivity contribution is 6.74. The zero-order chi connectivity index (χ0) is 26.6. The highest BCUT2D eigenvalue weighted by Gasteiger charge is 2.47. The summed E-state index contributed by atoms with van der Waals surface area (Å²) < 4.78 is 13.9. The predicted octanol–water partition coefficient (Wildman–Crippen LogP) is 9.08. The SMILES string of the molecule is C=CCC1C(=O)CC(O[Si](C)(C)C(C)(C)C)C1/C=C/[C@](C)(CCCCC)O[Si](C)(C)C(C)(C)C. The van der Waals surface area contributed by atoms with Crippen LogP contribution in [0.3, 0.4) is 0 Å². The molecule has 198 valence electrons. The summed E-state index contributed by atoms with van der Waals surface area (Å²) in [6.07, 6.45) is 12.2. The fourth-order valence-corrected chi connectivity index (χ4v) is 7.30. The molecule has 1 aliphatic rings. The van der Waals surface area contributed by atoms with Crippen LogP contribution in [0.25, 0.3) is 0 Å². The van der Waals surface area contributed by atoms with Crippen molar-refractivity contribution in [2.45, 2.75) is 142 Å². The first-order valence-corrected chi connectivity index (χ1v) is 19.3. The molecule has 5 heteroatoms. The Morgan fingerprint density at radius 2 is 1.53 bits per heavy atom. The summed E-state index contributed by atoms with van der Waals surface area (Å²) in [5, 5.41) is 0.260. The number of allylic oxidation sites excluding steroid dienone is 1. The van der Waals surface area contributed by atoms with Crippen molar-refractivity contribution in [3.05, 3.63) is 24.8 Å². The Morgan fingerprint density at radius 1 is 0.971 bits per heavy atom. The fraction of sp³-hybridized carbons (Fsp3) is 0.828. The number of hydrogen-bond donors (Lipinski definition) is 0. The lowest BCUT2D eigenvalue weighted by molar-refractivity contribution is -0.121. The molecule has 0 N–H and O–H groups in total. The number of hydrogen-bond acceptors (Lipinski definition) is 3. The van der Waals surface area contributed by atoms with Gasteiger partial charge in [0.15, 0.2) is 16.6 Å². The Morgan fingerprint density at radius 3 is 2.00 bits per heavy atom. The normalized spacial score (nSPS) is 24.6. The van der Waals surface area contributed by atoms with Gasteiger partial charge >= 0.3 is 0 Å². The third-order valence-electron chi connectivity index (χ3n) is 8.62. The summed E-state index contributed by atoms with van der Waals surface area (Å²) in [4.78, 5) is 13.0. The van der Waals surface area contributed by atoms with E-state index in [0.29, 0.717) is 18.6 Å². The quantitative estimate of drug-likeness (QED) is 0.150. The van der Waals surface area contributed by atoms with E-state index in [4.69, 9.17) is 8.85 Å². The minimum Gasteiger partial charge on any atom is -0.413 e. The van der Waals surface area contributed by atoms with Gasteiger partial charge in [-0.25, -0.2) is 0 Å². The molecule has 0 heterocycles. The predicted molar refractivity (Wildman–Crippen MR) is 153 cm³/mol. The Labute approximate surface area is 214 Å². The molecule has 3 nitrogen and oxygen atoms in total. The number of carbonyl (C=O) groups excluding carboxylic acids is 1. The highest BCUT2D eigenvalue weighted by Crippen LogP contribution is 2.44. The van der Waals surface area contributed by atoms with E-state index in [2.05, 4.69) is 100 Å². The van der Waals surface area contributed by atoms with E-state index >= 15 is 0 Å². The van der Waals surface area contributed by atoms with Gasteiger partial charge < -0.3 is 8.85 Å². The fourth-order valence-electron chi connectivity index (χ4n) is 4.31. The number of ketones is 1. The van der Waals surface area contributed by atoms with Gasteiger partial charge in [-0.1, -0.05) is 86.0 Å². The monoisotopic (exact) mass is 508 g/mol.